The van der Waals surface area contributed by atoms with E-state index in [-0.39, 0.29) is 38.8 Å². The molecule has 1 heterocycles. The molecule has 3 rings (SSSR count). The Balaban J connectivity index is 0.00000221. The minimum absolute atomic E-state index is 0.0232. The van der Waals surface area contributed by atoms with Crippen molar-refractivity contribution in [3.63, 3.8) is 0 Å². The van der Waals surface area contributed by atoms with E-state index in [9.17, 15) is 35.9 Å². The summed E-state index contributed by atoms with van der Waals surface area (Å²) in [4.78, 5) is 37.3. The average molecular weight is 634 g/mol. The Labute approximate surface area is 249 Å². The summed E-state index contributed by atoms with van der Waals surface area (Å²) >= 11 is 5.92. The summed E-state index contributed by atoms with van der Waals surface area (Å²) in [7, 11) is 0. The van der Waals surface area contributed by atoms with Crippen molar-refractivity contribution in [1.29, 1.82) is 0 Å². The minimum Gasteiger partial charge on any atom is -0.354 e. The molecule has 0 bridgehead atoms. The fraction of sp³-hybridized carbons (Fsp3) is 0.310. The van der Waals surface area contributed by atoms with Crippen LogP contribution in [0, 0.1) is 13.8 Å². The molecule has 3 aromatic rings. The first-order chi connectivity index (χ1) is 20.1. The van der Waals surface area contributed by atoms with Gasteiger partial charge in [-0.05, 0) is 62.2 Å². The van der Waals surface area contributed by atoms with Gasteiger partial charge in [0.2, 0.25) is 0 Å². The number of rotatable bonds is 7. The first-order valence-electron chi connectivity index (χ1n) is 12.6. The molecule has 14 heteroatoms. The summed E-state index contributed by atoms with van der Waals surface area (Å²) < 4.78 is 87.4. The first kappa shape index (κ1) is 37.1. The number of aryl methyl sites for hydroxylation is 2. The first-order valence-corrected chi connectivity index (χ1v) is 13.0. The predicted molar refractivity (Wildman–Crippen MR) is 151 cm³/mol. The summed E-state index contributed by atoms with van der Waals surface area (Å²) in [5.74, 6) is -1.30. The van der Waals surface area contributed by atoms with Crippen molar-refractivity contribution in [2.75, 3.05) is 17.2 Å². The van der Waals surface area contributed by atoms with Gasteiger partial charge in [-0.3, -0.25) is 9.59 Å². The van der Waals surface area contributed by atoms with Crippen molar-refractivity contribution in [1.82, 2.24) is 4.98 Å². The van der Waals surface area contributed by atoms with Crippen LogP contribution in [0.5, 0.6) is 0 Å². The van der Waals surface area contributed by atoms with Crippen LogP contribution >= 0.6 is 11.6 Å². The number of nitrogens with one attached hydrogen (secondary N) is 2. The number of hydrogen-bond acceptors (Lipinski definition) is 5. The highest BCUT2D eigenvalue weighted by Gasteiger charge is 2.73. The highest BCUT2D eigenvalue weighted by molar-refractivity contribution is 6.33. The average Bonchev–Trinajstić information content (AvgIpc) is 2.94. The van der Waals surface area contributed by atoms with Gasteiger partial charge < -0.3 is 20.2 Å². The number of amides is 2. The third-order valence-corrected chi connectivity index (χ3v) is 6.02. The van der Waals surface area contributed by atoms with Crippen LogP contribution < -0.4 is 10.6 Å². The quantitative estimate of drug-likeness (QED) is 0.203. The van der Waals surface area contributed by atoms with Crippen molar-refractivity contribution >= 4 is 41.6 Å². The van der Waals surface area contributed by atoms with E-state index < -0.39 is 41.9 Å². The number of carbonyl (C=O) groups excluding carboxylic acids is 3. The molecule has 0 saturated carbocycles. The van der Waals surface area contributed by atoms with Crippen molar-refractivity contribution in [3.05, 3.63) is 87.7 Å². The Bertz CT molecular complexity index is 1380. The molecule has 0 saturated heterocycles. The molecule has 0 aliphatic rings. The lowest BCUT2D eigenvalue weighted by Crippen LogP contribution is -2.56. The molecule has 0 aliphatic carbocycles. The molecule has 43 heavy (non-hydrogen) atoms. The van der Waals surface area contributed by atoms with Gasteiger partial charge in [0, 0.05) is 35.3 Å². The van der Waals surface area contributed by atoms with Crippen LogP contribution in [0.3, 0.4) is 0 Å². The fourth-order valence-corrected chi connectivity index (χ4v) is 4.20. The normalized spacial score (nSPS) is 11.3. The van der Waals surface area contributed by atoms with Gasteiger partial charge in [-0.1, -0.05) is 43.6 Å². The number of pyridine rings is 1. The van der Waals surface area contributed by atoms with E-state index in [0.29, 0.717) is 12.1 Å². The second kappa shape index (κ2) is 15.5. The number of anilines is 2. The molecule has 2 aromatic carbocycles. The van der Waals surface area contributed by atoms with Crippen molar-refractivity contribution in [2.45, 2.75) is 52.6 Å². The topological polar surface area (TPSA) is 97.4 Å². The maximum absolute atomic E-state index is 13.8. The van der Waals surface area contributed by atoms with E-state index in [0.717, 1.165) is 6.92 Å². The van der Waals surface area contributed by atoms with Crippen molar-refractivity contribution in [2.24, 2.45) is 0 Å². The second-order valence-corrected chi connectivity index (χ2v) is 8.78. The SMILES string of the molecule is C=O.CC.CCOC(c1cc(C)c(NC(=O)c2cccc(NC(=O)c3cccnc3Cl)c2)c(C)c1)(C(F)(F)F)C(F)(F)F. The Morgan fingerprint density at radius 3 is 1.93 bits per heavy atom. The molecule has 0 spiro atoms. The maximum atomic E-state index is 13.8. The summed E-state index contributed by atoms with van der Waals surface area (Å²) in [5.41, 5.74) is -5.39. The van der Waals surface area contributed by atoms with E-state index in [1.54, 1.807) is 0 Å². The number of alkyl halides is 6. The molecule has 7 nitrogen and oxygen atoms in total. The molecular formula is C29H30ClF6N3O4. The van der Waals surface area contributed by atoms with Crippen LogP contribution in [-0.4, -0.2) is 42.5 Å². The van der Waals surface area contributed by atoms with Crippen LogP contribution in [0.2, 0.25) is 5.15 Å². The molecule has 234 valence electrons. The summed E-state index contributed by atoms with van der Waals surface area (Å²) in [6.07, 6.45) is -10.2. The van der Waals surface area contributed by atoms with E-state index in [1.807, 2.05) is 20.6 Å². The fourth-order valence-electron chi connectivity index (χ4n) is 3.99. The maximum Gasteiger partial charge on any atom is 0.430 e. The smallest absolute Gasteiger partial charge is 0.354 e. The number of hydrogen-bond donors (Lipinski definition) is 2. The molecule has 1 aromatic heterocycles. The second-order valence-electron chi connectivity index (χ2n) is 8.43. The number of carbonyl (C=O) groups is 3. The molecule has 2 N–H and O–H groups in total. The predicted octanol–water partition coefficient (Wildman–Crippen LogP) is 8.05. The van der Waals surface area contributed by atoms with Gasteiger partial charge in [-0.15, -0.1) is 0 Å². The number of benzene rings is 2. The standard InChI is InChI=1S/C26H22ClF6N3O3.C2H6.CH2O/c1-4-39-24(25(28,29)30,26(31,32)33)17-11-14(2)20(15(3)12-17)36-22(37)16-7-5-8-18(13-16)35-23(38)19-9-6-10-34-21(19)27;2*1-2/h5-13H,4H2,1-3H3,(H,35,38)(H,36,37);1-2H3;1H2. The number of halogens is 7. The summed E-state index contributed by atoms with van der Waals surface area (Å²) in [5, 5.41) is 5.07. The molecular weight excluding hydrogens is 604 g/mol. The van der Waals surface area contributed by atoms with Gasteiger partial charge in [-0.25, -0.2) is 4.98 Å². The molecule has 0 fully saturated rings. The molecule has 0 atom stereocenters. The van der Waals surface area contributed by atoms with Crippen molar-refractivity contribution in [3.8, 4) is 0 Å². The van der Waals surface area contributed by atoms with Gasteiger partial charge in [0.15, 0.2) is 0 Å². The van der Waals surface area contributed by atoms with Crippen molar-refractivity contribution < 1.29 is 45.5 Å². The third-order valence-electron chi connectivity index (χ3n) is 5.72. The molecule has 0 radical (unpaired) electrons. The van der Waals surface area contributed by atoms with E-state index >= 15 is 0 Å². The largest absolute Gasteiger partial charge is 0.430 e. The molecule has 0 unspecified atom stereocenters. The van der Waals surface area contributed by atoms with Gasteiger partial charge in [0.05, 0.1) is 5.56 Å². The van der Waals surface area contributed by atoms with Crippen LogP contribution in [0.4, 0.5) is 37.7 Å². The van der Waals surface area contributed by atoms with Gasteiger partial charge in [-0.2, -0.15) is 26.3 Å². The number of ether oxygens (including phenoxy) is 1. The van der Waals surface area contributed by atoms with E-state index in [2.05, 4.69) is 20.4 Å². The van der Waals surface area contributed by atoms with Crippen LogP contribution in [0.1, 0.15) is 58.2 Å². The third kappa shape index (κ3) is 8.32. The Hall–Kier alpha value is -3.97. The van der Waals surface area contributed by atoms with Crippen LogP contribution in [-0.2, 0) is 15.1 Å². The highest BCUT2D eigenvalue weighted by Crippen LogP contribution is 2.53. The lowest BCUT2D eigenvalue weighted by atomic mass is 9.88. The summed E-state index contributed by atoms with van der Waals surface area (Å²) in [6.45, 7) is 8.71. The summed E-state index contributed by atoms with van der Waals surface area (Å²) in [6, 6.07) is 10.1. The molecule has 2 amide bonds. The van der Waals surface area contributed by atoms with Gasteiger partial charge >= 0.3 is 12.4 Å². The number of nitrogens with zero attached hydrogens (tertiary/aromatic N) is 1. The number of aromatic nitrogens is 1. The monoisotopic (exact) mass is 633 g/mol. The van der Waals surface area contributed by atoms with Crippen LogP contribution in [0.25, 0.3) is 0 Å². The zero-order valence-electron chi connectivity index (χ0n) is 23.8. The van der Waals surface area contributed by atoms with Gasteiger partial charge in [0.25, 0.3) is 17.4 Å². The van der Waals surface area contributed by atoms with E-state index in [1.165, 1.54) is 56.4 Å². The van der Waals surface area contributed by atoms with E-state index in [4.69, 9.17) is 16.4 Å². The minimum atomic E-state index is -5.81. The zero-order chi connectivity index (χ0) is 33.2. The lowest BCUT2D eigenvalue weighted by molar-refractivity contribution is -0.388. The zero-order valence-corrected chi connectivity index (χ0v) is 24.6. The molecule has 0 aliphatic heterocycles. The van der Waals surface area contributed by atoms with Gasteiger partial charge in [0.1, 0.15) is 11.9 Å². The Morgan fingerprint density at radius 2 is 1.44 bits per heavy atom. The Morgan fingerprint density at radius 1 is 0.884 bits per heavy atom. The van der Waals surface area contributed by atoms with Crippen LogP contribution in [0.15, 0.2) is 54.7 Å². The Kier molecular flexibility index (Phi) is 13.3. The highest BCUT2D eigenvalue weighted by atomic mass is 35.5. The lowest BCUT2D eigenvalue weighted by Gasteiger charge is -2.37.